The van der Waals surface area contributed by atoms with Gasteiger partial charge < -0.3 is 14.7 Å². The number of rotatable bonds is 6. The van der Waals surface area contributed by atoms with E-state index in [1.165, 1.54) is 24.1 Å². The van der Waals surface area contributed by atoms with Crippen molar-refractivity contribution in [3.63, 3.8) is 0 Å². The molecule has 5 nitrogen and oxygen atoms in total. The van der Waals surface area contributed by atoms with Crippen molar-refractivity contribution in [2.75, 3.05) is 31.7 Å². The van der Waals surface area contributed by atoms with Crippen LogP contribution in [0.5, 0.6) is 0 Å². The molecule has 0 radical (unpaired) electrons. The molecule has 0 bridgehead atoms. The summed E-state index contributed by atoms with van der Waals surface area (Å²) in [5.74, 6) is -1.18. The molecule has 1 aromatic carbocycles. The maximum absolute atomic E-state index is 12.9. The van der Waals surface area contributed by atoms with Crippen LogP contribution in [0, 0.1) is 11.3 Å². The van der Waals surface area contributed by atoms with Crippen LogP contribution in [0.15, 0.2) is 18.2 Å². The first-order chi connectivity index (χ1) is 9.79. The van der Waals surface area contributed by atoms with Crippen LogP contribution >= 0.6 is 0 Å². The molecule has 0 aliphatic rings. The Morgan fingerprint density at radius 2 is 2.14 bits per heavy atom. The molecule has 0 heterocycles. The molecule has 0 spiro atoms. The van der Waals surface area contributed by atoms with Crippen molar-refractivity contribution in [3.05, 3.63) is 29.3 Å². The predicted molar refractivity (Wildman–Crippen MR) is 67.9 cm³/mol. The first-order valence-corrected chi connectivity index (χ1v) is 5.86. The van der Waals surface area contributed by atoms with Gasteiger partial charge in [0.25, 0.3) is 0 Å². The van der Waals surface area contributed by atoms with Gasteiger partial charge in [0.2, 0.25) is 0 Å². The van der Waals surface area contributed by atoms with Gasteiger partial charge in [-0.15, -0.1) is 0 Å². The maximum Gasteiger partial charge on any atom is 0.417 e. The highest BCUT2D eigenvalue weighted by Gasteiger charge is 2.34. The monoisotopic (exact) mass is 302 g/mol. The third-order valence-corrected chi connectivity index (χ3v) is 2.69. The third-order valence-electron chi connectivity index (χ3n) is 2.69. The lowest BCUT2D eigenvalue weighted by atomic mass is 10.1. The van der Waals surface area contributed by atoms with Gasteiger partial charge in [-0.2, -0.15) is 18.4 Å². The molecule has 1 rings (SSSR count). The summed E-state index contributed by atoms with van der Waals surface area (Å²) in [5, 5.41) is 17.5. The number of hydrogen-bond acceptors (Lipinski definition) is 4. The van der Waals surface area contributed by atoms with Crippen molar-refractivity contribution in [2.45, 2.75) is 6.18 Å². The molecule has 1 N–H and O–H groups in total. The Bertz CT molecular complexity index is 553. The molecule has 0 saturated carbocycles. The van der Waals surface area contributed by atoms with E-state index in [0.29, 0.717) is 0 Å². The number of carbonyl (C=O) groups is 1. The SMILES string of the molecule is COCCN(CC(=O)O)c1ccc(C#N)c(C(F)(F)F)c1. The lowest BCUT2D eigenvalue weighted by Crippen LogP contribution is -2.32. The van der Waals surface area contributed by atoms with Gasteiger partial charge in [0.1, 0.15) is 6.54 Å². The second kappa shape index (κ2) is 6.95. The molecule has 0 amide bonds. The summed E-state index contributed by atoms with van der Waals surface area (Å²) in [4.78, 5) is 12.0. The van der Waals surface area contributed by atoms with E-state index in [9.17, 15) is 18.0 Å². The van der Waals surface area contributed by atoms with Gasteiger partial charge in [-0.1, -0.05) is 0 Å². The average molecular weight is 302 g/mol. The molecule has 0 saturated heterocycles. The van der Waals surface area contributed by atoms with Crippen LogP contribution in [-0.2, 0) is 15.7 Å². The number of ether oxygens (including phenoxy) is 1. The van der Waals surface area contributed by atoms with Crippen LogP contribution in [0.25, 0.3) is 0 Å². The standard InChI is InChI=1S/C13H13F3N2O3/c1-21-5-4-18(8-12(19)20)10-3-2-9(7-17)11(6-10)13(14,15)16/h2-3,6H,4-5,8H2,1H3,(H,19,20). The molecule has 0 aliphatic carbocycles. The second-order valence-corrected chi connectivity index (χ2v) is 4.15. The van der Waals surface area contributed by atoms with Crippen LogP contribution < -0.4 is 4.90 Å². The fraction of sp³-hybridized carbons (Fsp3) is 0.385. The second-order valence-electron chi connectivity index (χ2n) is 4.15. The maximum atomic E-state index is 12.9. The van der Waals surface area contributed by atoms with E-state index >= 15 is 0 Å². The van der Waals surface area contributed by atoms with Gasteiger partial charge in [0, 0.05) is 19.3 Å². The summed E-state index contributed by atoms with van der Waals surface area (Å²) >= 11 is 0. The van der Waals surface area contributed by atoms with E-state index in [4.69, 9.17) is 15.1 Å². The minimum atomic E-state index is -4.68. The molecule has 21 heavy (non-hydrogen) atoms. The Labute approximate surface area is 119 Å². The molecular weight excluding hydrogens is 289 g/mol. The summed E-state index contributed by atoms with van der Waals surface area (Å²) in [6.45, 7) is -0.187. The molecule has 8 heteroatoms. The van der Waals surface area contributed by atoms with Crippen LogP contribution in [0.1, 0.15) is 11.1 Å². The quantitative estimate of drug-likeness (QED) is 0.871. The van der Waals surface area contributed by atoms with E-state index < -0.39 is 29.8 Å². The Morgan fingerprint density at radius 1 is 1.48 bits per heavy atom. The molecule has 0 atom stereocenters. The number of nitriles is 1. The van der Waals surface area contributed by atoms with E-state index in [2.05, 4.69) is 0 Å². The Kier molecular flexibility index (Phi) is 5.55. The highest BCUT2D eigenvalue weighted by Crippen LogP contribution is 2.34. The fourth-order valence-corrected chi connectivity index (χ4v) is 1.73. The molecule has 1 aromatic rings. The first-order valence-electron chi connectivity index (χ1n) is 5.86. The smallest absolute Gasteiger partial charge is 0.417 e. The summed E-state index contributed by atoms with van der Waals surface area (Å²) in [5.41, 5.74) is -1.52. The van der Waals surface area contributed by atoms with Crippen molar-refractivity contribution in [3.8, 4) is 6.07 Å². The fourth-order valence-electron chi connectivity index (χ4n) is 1.73. The molecule has 114 valence electrons. The predicted octanol–water partition coefficient (Wildman–Crippen LogP) is 2.11. The summed E-state index contributed by atoms with van der Waals surface area (Å²) in [6, 6.07) is 4.56. The van der Waals surface area contributed by atoms with E-state index in [-0.39, 0.29) is 18.8 Å². The minimum Gasteiger partial charge on any atom is -0.480 e. The van der Waals surface area contributed by atoms with Crippen molar-refractivity contribution in [1.29, 1.82) is 5.26 Å². The summed E-state index contributed by atoms with van der Waals surface area (Å²) in [6.07, 6.45) is -4.68. The number of benzene rings is 1. The molecule has 0 fully saturated rings. The number of halogens is 3. The van der Waals surface area contributed by atoms with Crippen LogP contribution in [-0.4, -0.2) is 37.9 Å². The van der Waals surface area contributed by atoms with Crippen molar-refractivity contribution in [2.24, 2.45) is 0 Å². The zero-order valence-electron chi connectivity index (χ0n) is 11.1. The van der Waals surface area contributed by atoms with Crippen LogP contribution in [0.4, 0.5) is 18.9 Å². The number of carboxylic acids is 1. The number of methoxy groups -OCH3 is 1. The molecular formula is C13H13F3N2O3. The van der Waals surface area contributed by atoms with Crippen LogP contribution in [0.2, 0.25) is 0 Å². The zero-order chi connectivity index (χ0) is 16.0. The average Bonchev–Trinajstić information content (AvgIpc) is 2.41. The van der Waals surface area contributed by atoms with Gasteiger partial charge in [-0.25, -0.2) is 0 Å². The van der Waals surface area contributed by atoms with Gasteiger partial charge in [0.15, 0.2) is 0 Å². The van der Waals surface area contributed by atoms with Crippen LogP contribution in [0.3, 0.4) is 0 Å². The van der Waals surface area contributed by atoms with E-state index in [0.717, 1.165) is 12.1 Å². The molecule has 0 unspecified atom stereocenters. The van der Waals surface area contributed by atoms with Gasteiger partial charge in [0.05, 0.1) is 23.8 Å². The van der Waals surface area contributed by atoms with E-state index in [1.807, 2.05) is 0 Å². The van der Waals surface area contributed by atoms with Crippen molar-refractivity contribution < 1.29 is 27.8 Å². The number of anilines is 1. The Morgan fingerprint density at radius 3 is 2.62 bits per heavy atom. The largest absolute Gasteiger partial charge is 0.480 e. The van der Waals surface area contributed by atoms with Crippen molar-refractivity contribution in [1.82, 2.24) is 0 Å². The summed E-state index contributed by atoms with van der Waals surface area (Å²) in [7, 11) is 1.40. The first kappa shape index (κ1) is 16.8. The van der Waals surface area contributed by atoms with Crippen molar-refractivity contribution >= 4 is 11.7 Å². The molecule has 0 aliphatic heterocycles. The Hall–Kier alpha value is -2.27. The highest BCUT2D eigenvalue weighted by molar-refractivity contribution is 5.74. The minimum absolute atomic E-state index is 0.0702. The summed E-state index contributed by atoms with van der Waals surface area (Å²) < 4.78 is 43.5. The number of alkyl halides is 3. The van der Waals surface area contributed by atoms with Gasteiger partial charge in [-0.05, 0) is 18.2 Å². The lowest BCUT2D eigenvalue weighted by molar-refractivity contribution is -0.137. The van der Waals surface area contributed by atoms with E-state index in [1.54, 1.807) is 0 Å². The normalized spacial score (nSPS) is 11.0. The zero-order valence-corrected chi connectivity index (χ0v) is 11.1. The number of nitrogens with zero attached hydrogens (tertiary/aromatic N) is 2. The Balaban J connectivity index is 3.20. The number of carboxylic acid groups (broad SMARTS) is 1. The van der Waals surface area contributed by atoms with Gasteiger partial charge in [-0.3, -0.25) is 4.79 Å². The third kappa shape index (κ3) is 4.65. The number of aliphatic carboxylic acids is 1. The lowest BCUT2D eigenvalue weighted by Gasteiger charge is -2.23. The topological polar surface area (TPSA) is 73.6 Å². The molecule has 0 aromatic heterocycles. The number of hydrogen-bond donors (Lipinski definition) is 1. The van der Waals surface area contributed by atoms with Gasteiger partial charge >= 0.3 is 12.1 Å². The highest BCUT2D eigenvalue weighted by atomic mass is 19.4.